The van der Waals surface area contributed by atoms with E-state index in [2.05, 4.69) is 5.32 Å². The molecule has 1 aliphatic heterocycles. The van der Waals surface area contributed by atoms with E-state index in [0.29, 0.717) is 13.0 Å². The standard InChI is InChI=1S/C14H17NO4/c16-13(8-12-5-2-6-19-12)15-9-10-3-1-4-11(7-10)14(17)18/h1,3-4,7,12H,2,5-6,8-9H2,(H,15,16)(H,17,18)/t12-/m1/s1. The molecule has 19 heavy (non-hydrogen) atoms. The number of hydrogen-bond acceptors (Lipinski definition) is 3. The monoisotopic (exact) mass is 263 g/mol. The van der Waals surface area contributed by atoms with Crippen molar-refractivity contribution >= 4 is 11.9 Å². The minimum atomic E-state index is -0.965. The van der Waals surface area contributed by atoms with E-state index in [-0.39, 0.29) is 17.6 Å². The number of carboxylic acids is 1. The molecule has 1 aromatic rings. The highest BCUT2D eigenvalue weighted by Gasteiger charge is 2.18. The maximum atomic E-state index is 11.7. The predicted octanol–water partition coefficient (Wildman–Crippen LogP) is 1.57. The number of carbonyl (C=O) groups is 2. The van der Waals surface area contributed by atoms with Crippen LogP contribution in [0.5, 0.6) is 0 Å². The fourth-order valence-corrected chi connectivity index (χ4v) is 2.10. The summed E-state index contributed by atoms with van der Waals surface area (Å²) in [4.78, 5) is 22.5. The molecule has 1 atom stereocenters. The van der Waals surface area contributed by atoms with Crippen molar-refractivity contribution in [2.24, 2.45) is 0 Å². The van der Waals surface area contributed by atoms with Crippen LogP contribution in [0.4, 0.5) is 0 Å². The molecule has 1 aromatic carbocycles. The summed E-state index contributed by atoms with van der Waals surface area (Å²) in [5.41, 5.74) is 1.01. The van der Waals surface area contributed by atoms with Crippen molar-refractivity contribution in [2.75, 3.05) is 6.61 Å². The van der Waals surface area contributed by atoms with Gasteiger partial charge >= 0.3 is 5.97 Å². The van der Waals surface area contributed by atoms with Crippen LogP contribution in [0.2, 0.25) is 0 Å². The molecule has 5 heteroatoms. The molecular formula is C14H17NO4. The van der Waals surface area contributed by atoms with Gasteiger partial charge in [-0.05, 0) is 30.5 Å². The van der Waals surface area contributed by atoms with E-state index in [4.69, 9.17) is 9.84 Å². The molecule has 0 bridgehead atoms. The Kier molecular flexibility index (Phi) is 4.52. The lowest BCUT2D eigenvalue weighted by Crippen LogP contribution is -2.26. The molecule has 2 rings (SSSR count). The average Bonchev–Trinajstić information content (AvgIpc) is 2.89. The Bertz CT molecular complexity index is 466. The Morgan fingerprint density at radius 1 is 1.42 bits per heavy atom. The third-order valence-corrected chi connectivity index (χ3v) is 3.10. The first-order valence-corrected chi connectivity index (χ1v) is 6.35. The predicted molar refractivity (Wildman–Crippen MR) is 68.8 cm³/mol. The van der Waals surface area contributed by atoms with Gasteiger partial charge in [0, 0.05) is 13.2 Å². The normalized spacial score (nSPS) is 18.2. The van der Waals surface area contributed by atoms with Gasteiger partial charge in [0.05, 0.1) is 18.1 Å². The van der Waals surface area contributed by atoms with Gasteiger partial charge in [-0.3, -0.25) is 4.79 Å². The molecule has 1 amide bonds. The maximum Gasteiger partial charge on any atom is 0.335 e. The van der Waals surface area contributed by atoms with Gasteiger partial charge in [0.15, 0.2) is 0 Å². The minimum Gasteiger partial charge on any atom is -0.478 e. The Labute approximate surface area is 111 Å². The van der Waals surface area contributed by atoms with E-state index in [9.17, 15) is 9.59 Å². The summed E-state index contributed by atoms with van der Waals surface area (Å²) in [5, 5.41) is 11.7. The van der Waals surface area contributed by atoms with Crippen molar-refractivity contribution < 1.29 is 19.4 Å². The van der Waals surface area contributed by atoms with Crippen LogP contribution in [0, 0.1) is 0 Å². The molecule has 1 aliphatic rings. The van der Waals surface area contributed by atoms with Gasteiger partial charge in [0.25, 0.3) is 0 Å². The lowest BCUT2D eigenvalue weighted by Gasteiger charge is -2.10. The maximum absolute atomic E-state index is 11.7. The van der Waals surface area contributed by atoms with Crippen molar-refractivity contribution in [3.8, 4) is 0 Å². The molecule has 1 fully saturated rings. The summed E-state index contributed by atoms with van der Waals surface area (Å²) in [6.45, 7) is 1.07. The largest absolute Gasteiger partial charge is 0.478 e. The molecule has 0 saturated carbocycles. The second kappa shape index (κ2) is 6.33. The zero-order valence-electron chi connectivity index (χ0n) is 10.6. The number of benzene rings is 1. The lowest BCUT2D eigenvalue weighted by atomic mass is 10.1. The smallest absolute Gasteiger partial charge is 0.335 e. The third-order valence-electron chi connectivity index (χ3n) is 3.10. The zero-order chi connectivity index (χ0) is 13.7. The summed E-state index contributed by atoms with van der Waals surface area (Å²) in [7, 11) is 0. The van der Waals surface area contributed by atoms with E-state index in [1.807, 2.05) is 0 Å². The van der Waals surface area contributed by atoms with Crippen LogP contribution in [-0.2, 0) is 16.1 Å². The van der Waals surface area contributed by atoms with E-state index in [1.165, 1.54) is 6.07 Å². The van der Waals surface area contributed by atoms with Crippen LogP contribution in [0.1, 0.15) is 35.2 Å². The van der Waals surface area contributed by atoms with E-state index in [1.54, 1.807) is 18.2 Å². The van der Waals surface area contributed by atoms with Crippen molar-refractivity contribution in [1.82, 2.24) is 5.32 Å². The number of carboxylic acid groups (broad SMARTS) is 1. The van der Waals surface area contributed by atoms with Gasteiger partial charge in [-0.2, -0.15) is 0 Å². The van der Waals surface area contributed by atoms with Gasteiger partial charge < -0.3 is 15.2 Å². The molecule has 0 aromatic heterocycles. The molecular weight excluding hydrogens is 246 g/mol. The topological polar surface area (TPSA) is 75.6 Å². The highest BCUT2D eigenvalue weighted by molar-refractivity contribution is 5.87. The Morgan fingerprint density at radius 2 is 2.26 bits per heavy atom. The summed E-state index contributed by atoms with van der Waals surface area (Å²) in [6.07, 6.45) is 2.35. The van der Waals surface area contributed by atoms with Crippen LogP contribution >= 0.6 is 0 Å². The fourth-order valence-electron chi connectivity index (χ4n) is 2.10. The average molecular weight is 263 g/mol. The SMILES string of the molecule is O=C(C[C@H]1CCCO1)NCc1cccc(C(=O)O)c1. The van der Waals surface area contributed by atoms with E-state index < -0.39 is 5.97 Å². The zero-order valence-corrected chi connectivity index (χ0v) is 10.6. The lowest BCUT2D eigenvalue weighted by molar-refractivity contribution is -0.123. The van der Waals surface area contributed by atoms with Gasteiger partial charge in [0.2, 0.25) is 5.91 Å². The molecule has 0 aliphatic carbocycles. The van der Waals surface area contributed by atoms with Crippen molar-refractivity contribution in [2.45, 2.75) is 31.9 Å². The number of amides is 1. The van der Waals surface area contributed by atoms with Crippen molar-refractivity contribution in [3.05, 3.63) is 35.4 Å². The highest BCUT2D eigenvalue weighted by Crippen LogP contribution is 2.15. The van der Waals surface area contributed by atoms with Gasteiger partial charge in [-0.25, -0.2) is 4.79 Å². The van der Waals surface area contributed by atoms with E-state index in [0.717, 1.165) is 25.0 Å². The van der Waals surface area contributed by atoms with Crippen LogP contribution in [0.15, 0.2) is 24.3 Å². The van der Waals surface area contributed by atoms with Crippen LogP contribution in [0.3, 0.4) is 0 Å². The minimum absolute atomic E-state index is 0.0327. The summed E-state index contributed by atoms with van der Waals surface area (Å²) < 4.78 is 5.39. The molecule has 5 nitrogen and oxygen atoms in total. The Balaban J connectivity index is 1.82. The molecule has 0 spiro atoms. The Hall–Kier alpha value is -1.88. The number of rotatable bonds is 5. The number of aromatic carboxylic acids is 1. The molecule has 0 unspecified atom stereocenters. The van der Waals surface area contributed by atoms with Gasteiger partial charge in [-0.1, -0.05) is 12.1 Å². The van der Waals surface area contributed by atoms with Crippen LogP contribution in [0.25, 0.3) is 0 Å². The molecule has 1 saturated heterocycles. The van der Waals surface area contributed by atoms with Crippen LogP contribution in [-0.4, -0.2) is 29.7 Å². The Morgan fingerprint density at radius 3 is 2.95 bits per heavy atom. The first kappa shape index (κ1) is 13.5. The second-order valence-electron chi connectivity index (χ2n) is 4.62. The molecule has 102 valence electrons. The second-order valence-corrected chi connectivity index (χ2v) is 4.62. The quantitative estimate of drug-likeness (QED) is 0.845. The number of nitrogens with one attached hydrogen (secondary N) is 1. The van der Waals surface area contributed by atoms with Crippen LogP contribution < -0.4 is 5.32 Å². The number of hydrogen-bond donors (Lipinski definition) is 2. The highest BCUT2D eigenvalue weighted by atomic mass is 16.5. The molecule has 2 N–H and O–H groups in total. The first-order chi connectivity index (χ1) is 9.15. The summed E-state index contributed by atoms with van der Waals surface area (Å²) in [5.74, 6) is -1.03. The third kappa shape index (κ3) is 4.06. The van der Waals surface area contributed by atoms with Gasteiger partial charge in [0.1, 0.15) is 0 Å². The molecule has 0 radical (unpaired) electrons. The fraction of sp³-hybridized carbons (Fsp3) is 0.429. The van der Waals surface area contributed by atoms with Gasteiger partial charge in [-0.15, -0.1) is 0 Å². The summed E-state index contributed by atoms with van der Waals surface area (Å²) >= 11 is 0. The first-order valence-electron chi connectivity index (χ1n) is 6.35. The number of carbonyl (C=O) groups excluding carboxylic acids is 1. The molecule has 1 heterocycles. The van der Waals surface area contributed by atoms with E-state index >= 15 is 0 Å². The van der Waals surface area contributed by atoms with Crippen molar-refractivity contribution in [1.29, 1.82) is 0 Å². The van der Waals surface area contributed by atoms with Crippen molar-refractivity contribution in [3.63, 3.8) is 0 Å². The summed E-state index contributed by atoms with van der Waals surface area (Å²) in [6, 6.07) is 6.55. The number of ether oxygens (including phenoxy) is 1.